The maximum absolute atomic E-state index is 13.6. The van der Waals surface area contributed by atoms with E-state index < -0.39 is 15.8 Å². The maximum atomic E-state index is 13.6. The summed E-state index contributed by atoms with van der Waals surface area (Å²) in [6, 6.07) is 11.6. The number of carbonyl (C=O) groups excluding carboxylic acids is 1. The highest BCUT2D eigenvalue weighted by atomic mass is 32.2. The number of amides is 1. The van der Waals surface area contributed by atoms with Gasteiger partial charge in [0.25, 0.3) is 0 Å². The highest BCUT2D eigenvalue weighted by Crippen LogP contribution is 2.26. The standard InChI is InChI=1S/C19H23FN2O3S/c1-14-7-6-8-15(2)19(14)22(26(3,24)25)12-11-21-18(23)13-16-9-4-5-10-17(16)20/h4-10H,11-13H2,1-3H3,(H,21,23). The van der Waals surface area contributed by atoms with Crippen LogP contribution in [-0.4, -0.2) is 33.7 Å². The number of nitrogens with one attached hydrogen (secondary N) is 1. The van der Waals surface area contributed by atoms with Gasteiger partial charge in [0.05, 0.1) is 24.9 Å². The van der Waals surface area contributed by atoms with Crippen molar-refractivity contribution in [3.8, 4) is 0 Å². The minimum Gasteiger partial charge on any atom is -0.354 e. The summed E-state index contributed by atoms with van der Waals surface area (Å²) in [5.74, 6) is -0.791. The van der Waals surface area contributed by atoms with E-state index in [0.717, 1.165) is 17.4 Å². The van der Waals surface area contributed by atoms with E-state index in [2.05, 4.69) is 5.32 Å². The fourth-order valence-electron chi connectivity index (χ4n) is 2.82. The average Bonchev–Trinajstić information content (AvgIpc) is 2.54. The van der Waals surface area contributed by atoms with E-state index in [1.165, 1.54) is 10.4 Å². The number of hydrogen-bond acceptors (Lipinski definition) is 3. The molecular formula is C19H23FN2O3S. The van der Waals surface area contributed by atoms with Crippen molar-refractivity contribution >= 4 is 21.6 Å². The Morgan fingerprint density at radius 2 is 1.69 bits per heavy atom. The first kappa shape index (κ1) is 19.9. The number of nitrogens with zero attached hydrogens (tertiary/aromatic N) is 1. The summed E-state index contributed by atoms with van der Waals surface area (Å²) in [6.07, 6.45) is 1.05. The molecule has 2 aromatic carbocycles. The van der Waals surface area contributed by atoms with Gasteiger partial charge in [-0.25, -0.2) is 12.8 Å². The molecule has 2 rings (SSSR count). The maximum Gasteiger partial charge on any atom is 0.232 e. The van der Waals surface area contributed by atoms with Gasteiger partial charge in [-0.15, -0.1) is 0 Å². The van der Waals surface area contributed by atoms with E-state index in [4.69, 9.17) is 0 Å². The molecule has 0 saturated heterocycles. The minimum absolute atomic E-state index is 0.0884. The minimum atomic E-state index is -3.50. The molecular weight excluding hydrogens is 355 g/mol. The number of carbonyl (C=O) groups is 1. The molecule has 0 spiro atoms. The van der Waals surface area contributed by atoms with Gasteiger partial charge in [0.1, 0.15) is 5.82 Å². The molecule has 0 aliphatic heterocycles. The van der Waals surface area contributed by atoms with Gasteiger partial charge >= 0.3 is 0 Å². The van der Waals surface area contributed by atoms with E-state index in [1.807, 2.05) is 32.0 Å². The third kappa shape index (κ3) is 5.05. The van der Waals surface area contributed by atoms with Crippen molar-refractivity contribution in [2.24, 2.45) is 0 Å². The largest absolute Gasteiger partial charge is 0.354 e. The van der Waals surface area contributed by atoms with Gasteiger partial charge in [-0.2, -0.15) is 0 Å². The highest BCUT2D eigenvalue weighted by Gasteiger charge is 2.21. The number of rotatable bonds is 7. The third-order valence-electron chi connectivity index (χ3n) is 4.04. The van der Waals surface area contributed by atoms with E-state index >= 15 is 0 Å². The molecule has 0 atom stereocenters. The summed E-state index contributed by atoms with van der Waals surface area (Å²) in [7, 11) is -3.50. The number of aryl methyl sites for hydroxylation is 2. The number of benzene rings is 2. The second kappa shape index (κ2) is 8.31. The molecule has 2 aromatic rings. The van der Waals surface area contributed by atoms with Crippen molar-refractivity contribution in [1.82, 2.24) is 5.32 Å². The average molecular weight is 378 g/mol. The summed E-state index contributed by atoms with van der Waals surface area (Å²) in [4.78, 5) is 12.0. The van der Waals surface area contributed by atoms with E-state index in [0.29, 0.717) is 11.3 Å². The summed E-state index contributed by atoms with van der Waals surface area (Å²) in [5, 5.41) is 2.66. The van der Waals surface area contributed by atoms with Gasteiger partial charge in [0.2, 0.25) is 15.9 Å². The first-order valence-corrected chi connectivity index (χ1v) is 10.1. The molecule has 0 heterocycles. The van der Waals surface area contributed by atoms with Crippen molar-refractivity contribution in [3.05, 3.63) is 65.0 Å². The van der Waals surface area contributed by atoms with E-state index in [-0.39, 0.29) is 25.4 Å². The number of para-hydroxylation sites is 1. The van der Waals surface area contributed by atoms with Crippen molar-refractivity contribution < 1.29 is 17.6 Å². The lowest BCUT2D eigenvalue weighted by molar-refractivity contribution is -0.120. The molecule has 26 heavy (non-hydrogen) atoms. The lowest BCUT2D eigenvalue weighted by Crippen LogP contribution is -2.39. The van der Waals surface area contributed by atoms with Crippen LogP contribution in [0.1, 0.15) is 16.7 Å². The van der Waals surface area contributed by atoms with Gasteiger partial charge < -0.3 is 5.32 Å². The van der Waals surface area contributed by atoms with Crippen LogP contribution in [0, 0.1) is 19.7 Å². The molecule has 1 N–H and O–H groups in total. The van der Waals surface area contributed by atoms with E-state index in [9.17, 15) is 17.6 Å². The Morgan fingerprint density at radius 1 is 1.08 bits per heavy atom. The zero-order valence-electron chi connectivity index (χ0n) is 15.1. The summed E-state index contributed by atoms with van der Waals surface area (Å²) in [6.45, 7) is 3.93. The van der Waals surface area contributed by atoms with Crippen LogP contribution in [0.4, 0.5) is 10.1 Å². The van der Waals surface area contributed by atoms with Crippen molar-refractivity contribution in [2.45, 2.75) is 20.3 Å². The Kier molecular flexibility index (Phi) is 6.37. The Hall–Kier alpha value is -2.41. The van der Waals surface area contributed by atoms with Crippen LogP contribution in [0.3, 0.4) is 0 Å². The van der Waals surface area contributed by atoms with Crippen LogP contribution in [-0.2, 0) is 21.2 Å². The van der Waals surface area contributed by atoms with Crippen LogP contribution in [0.25, 0.3) is 0 Å². The topological polar surface area (TPSA) is 66.5 Å². The zero-order valence-corrected chi connectivity index (χ0v) is 15.9. The molecule has 140 valence electrons. The summed E-state index contributed by atoms with van der Waals surface area (Å²) in [5.41, 5.74) is 2.61. The predicted octanol–water partition coefficient (Wildman–Crippen LogP) is 2.57. The Morgan fingerprint density at radius 3 is 2.27 bits per heavy atom. The molecule has 7 heteroatoms. The quantitative estimate of drug-likeness (QED) is 0.805. The number of hydrogen-bond donors (Lipinski definition) is 1. The van der Waals surface area contributed by atoms with Crippen LogP contribution >= 0.6 is 0 Å². The predicted molar refractivity (Wildman–Crippen MR) is 101 cm³/mol. The fourth-order valence-corrected chi connectivity index (χ4v) is 3.86. The summed E-state index contributed by atoms with van der Waals surface area (Å²) < 4.78 is 39.3. The molecule has 5 nitrogen and oxygen atoms in total. The smallest absolute Gasteiger partial charge is 0.232 e. The van der Waals surface area contributed by atoms with Gasteiger partial charge in [0.15, 0.2) is 0 Å². The third-order valence-corrected chi connectivity index (χ3v) is 5.20. The van der Waals surface area contributed by atoms with Crippen molar-refractivity contribution in [3.63, 3.8) is 0 Å². The molecule has 0 radical (unpaired) electrons. The van der Waals surface area contributed by atoms with E-state index in [1.54, 1.807) is 18.2 Å². The Balaban J connectivity index is 2.05. The number of sulfonamides is 1. The first-order valence-electron chi connectivity index (χ1n) is 8.24. The Bertz CT molecular complexity index is 877. The zero-order chi connectivity index (χ0) is 19.3. The molecule has 0 aromatic heterocycles. The fraction of sp³-hybridized carbons (Fsp3) is 0.316. The van der Waals surface area contributed by atoms with Crippen LogP contribution in [0.2, 0.25) is 0 Å². The van der Waals surface area contributed by atoms with Gasteiger partial charge in [-0.05, 0) is 36.6 Å². The van der Waals surface area contributed by atoms with Gasteiger partial charge in [-0.1, -0.05) is 36.4 Å². The molecule has 0 saturated carbocycles. The number of halogens is 1. The molecule has 0 fully saturated rings. The molecule has 0 aliphatic rings. The van der Waals surface area contributed by atoms with Crippen molar-refractivity contribution in [2.75, 3.05) is 23.7 Å². The SMILES string of the molecule is Cc1cccc(C)c1N(CCNC(=O)Cc1ccccc1F)S(C)(=O)=O. The Labute approximate surface area is 153 Å². The lowest BCUT2D eigenvalue weighted by atomic mass is 10.1. The molecule has 1 amide bonds. The summed E-state index contributed by atoms with van der Waals surface area (Å²) >= 11 is 0. The molecule has 0 unspecified atom stereocenters. The van der Waals surface area contributed by atoms with Crippen LogP contribution < -0.4 is 9.62 Å². The highest BCUT2D eigenvalue weighted by molar-refractivity contribution is 7.92. The normalized spacial score (nSPS) is 11.2. The number of anilines is 1. The second-order valence-electron chi connectivity index (χ2n) is 6.19. The van der Waals surface area contributed by atoms with Crippen LogP contribution in [0.15, 0.2) is 42.5 Å². The second-order valence-corrected chi connectivity index (χ2v) is 8.10. The molecule has 0 aliphatic carbocycles. The lowest BCUT2D eigenvalue weighted by Gasteiger charge is -2.26. The van der Waals surface area contributed by atoms with Gasteiger partial charge in [-0.3, -0.25) is 9.10 Å². The van der Waals surface area contributed by atoms with Crippen molar-refractivity contribution in [1.29, 1.82) is 0 Å². The first-order chi connectivity index (χ1) is 12.2. The van der Waals surface area contributed by atoms with Crippen LogP contribution in [0.5, 0.6) is 0 Å². The monoisotopic (exact) mass is 378 g/mol. The molecule has 0 bridgehead atoms. The van der Waals surface area contributed by atoms with Gasteiger partial charge in [0, 0.05) is 6.54 Å².